The summed E-state index contributed by atoms with van der Waals surface area (Å²) >= 11 is 1.64. The lowest BCUT2D eigenvalue weighted by Crippen LogP contribution is -2.27. The van der Waals surface area contributed by atoms with Gasteiger partial charge in [0.15, 0.2) is 5.65 Å². The highest BCUT2D eigenvalue weighted by Gasteiger charge is 2.17. The summed E-state index contributed by atoms with van der Waals surface area (Å²) in [7, 11) is 0. The molecule has 3 heterocycles. The van der Waals surface area contributed by atoms with E-state index >= 15 is 0 Å². The van der Waals surface area contributed by atoms with Crippen molar-refractivity contribution in [1.29, 1.82) is 0 Å². The number of nitrogens with zero attached hydrogens (tertiary/aromatic N) is 3. The highest BCUT2D eigenvalue weighted by Crippen LogP contribution is 2.21. The maximum atomic E-state index is 12.6. The van der Waals surface area contributed by atoms with Crippen molar-refractivity contribution in [3.8, 4) is 0 Å². The number of nitrogens with one attached hydrogen (secondary N) is 1. The Balaban J connectivity index is 1.90. The summed E-state index contributed by atoms with van der Waals surface area (Å²) in [6, 6.07) is 6.10. The van der Waals surface area contributed by atoms with Crippen LogP contribution in [0.2, 0.25) is 0 Å². The fourth-order valence-electron chi connectivity index (χ4n) is 2.56. The zero-order chi connectivity index (χ0) is 16.6. The minimum absolute atomic E-state index is 0.0176. The van der Waals surface area contributed by atoms with Crippen LogP contribution >= 0.6 is 11.3 Å². The predicted octanol–water partition coefficient (Wildman–Crippen LogP) is 3.87. The van der Waals surface area contributed by atoms with E-state index in [-0.39, 0.29) is 18.0 Å². The van der Waals surface area contributed by atoms with E-state index in [4.69, 9.17) is 0 Å². The molecule has 0 fully saturated rings. The number of carbonyl (C=O) groups excluding carboxylic acids is 1. The zero-order valence-corrected chi connectivity index (χ0v) is 14.5. The smallest absolute Gasteiger partial charge is 0.253 e. The highest BCUT2D eigenvalue weighted by molar-refractivity contribution is 7.10. The number of carbonyl (C=O) groups is 1. The van der Waals surface area contributed by atoms with Crippen molar-refractivity contribution in [2.45, 2.75) is 39.8 Å². The molecule has 0 aromatic carbocycles. The summed E-state index contributed by atoms with van der Waals surface area (Å²) in [4.78, 5) is 18.3. The SMILES string of the molecule is Cc1nc2c(cnn2C(C)C)cc1C(=O)NC(C)c1cccs1. The number of thiophene rings is 1. The first-order valence-corrected chi connectivity index (χ1v) is 8.54. The van der Waals surface area contributed by atoms with Gasteiger partial charge in [-0.1, -0.05) is 6.07 Å². The number of amides is 1. The molecule has 0 aliphatic rings. The zero-order valence-electron chi connectivity index (χ0n) is 13.7. The first-order chi connectivity index (χ1) is 11.0. The third-order valence-corrected chi connectivity index (χ3v) is 4.87. The van der Waals surface area contributed by atoms with Crippen LogP contribution in [0.4, 0.5) is 0 Å². The van der Waals surface area contributed by atoms with Gasteiger partial charge in [0.25, 0.3) is 5.91 Å². The second kappa shape index (κ2) is 6.12. The molecule has 1 N–H and O–H groups in total. The van der Waals surface area contributed by atoms with E-state index in [0.29, 0.717) is 5.56 Å². The van der Waals surface area contributed by atoms with Crippen LogP contribution in [-0.2, 0) is 0 Å². The van der Waals surface area contributed by atoms with Crippen LogP contribution < -0.4 is 5.32 Å². The number of fused-ring (bicyclic) bond motifs is 1. The second-order valence-corrected chi connectivity index (χ2v) is 6.91. The van der Waals surface area contributed by atoms with E-state index in [9.17, 15) is 4.79 Å². The van der Waals surface area contributed by atoms with Crippen LogP contribution in [-0.4, -0.2) is 20.7 Å². The summed E-state index contributed by atoms with van der Waals surface area (Å²) in [5.41, 5.74) is 2.14. The third kappa shape index (κ3) is 2.99. The van der Waals surface area contributed by atoms with Crippen LogP contribution in [0.3, 0.4) is 0 Å². The molecule has 1 unspecified atom stereocenters. The van der Waals surface area contributed by atoms with Gasteiger partial charge in [-0.25, -0.2) is 9.67 Å². The standard InChI is InChI=1S/C17H20N4OS/c1-10(2)21-16-13(9-18-21)8-14(11(3)19-16)17(22)20-12(4)15-6-5-7-23-15/h5-10,12H,1-4H3,(H,20,22). The monoisotopic (exact) mass is 328 g/mol. The van der Waals surface area contributed by atoms with Gasteiger partial charge in [0, 0.05) is 16.3 Å². The average molecular weight is 328 g/mol. The van der Waals surface area contributed by atoms with Crippen LogP contribution in [0.5, 0.6) is 0 Å². The molecule has 0 bridgehead atoms. The van der Waals surface area contributed by atoms with E-state index in [2.05, 4.69) is 29.2 Å². The Morgan fingerprint density at radius 1 is 1.35 bits per heavy atom. The van der Waals surface area contributed by atoms with E-state index in [1.54, 1.807) is 17.5 Å². The molecule has 0 aliphatic carbocycles. The lowest BCUT2D eigenvalue weighted by atomic mass is 10.1. The van der Waals surface area contributed by atoms with Crippen molar-refractivity contribution in [2.24, 2.45) is 0 Å². The Morgan fingerprint density at radius 3 is 2.78 bits per heavy atom. The largest absolute Gasteiger partial charge is 0.345 e. The number of hydrogen-bond donors (Lipinski definition) is 1. The molecule has 23 heavy (non-hydrogen) atoms. The number of rotatable bonds is 4. The van der Waals surface area contributed by atoms with Crippen molar-refractivity contribution in [3.05, 3.63) is 45.9 Å². The van der Waals surface area contributed by atoms with Crippen molar-refractivity contribution < 1.29 is 4.79 Å². The van der Waals surface area contributed by atoms with Gasteiger partial charge in [-0.05, 0) is 45.2 Å². The Morgan fingerprint density at radius 2 is 2.13 bits per heavy atom. The van der Waals surface area contributed by atoms with Crippen LogP contribution in [0.25, 0.3) is 11.0 Å². The normalized spacial score (nSPS) is 12.7. The van der Waals surface area contributed by atoms with Crippen molar-refractivity contribution >= 4 is 28.3 Å². The molecule has 3 aromatic rings. The summed E-state index contributed by atoms with van der Waals surface area (Å²) < 4.78 is 1.87. The predicted molar refractivity (Wildman–Crippen MR) is 92.9 cm³/mol. The van der Waals surface area contributed by atoms with E-state index < -0.39 is 0 Å². The van der Waals surface area contributed by atoms with Crippen molar-refractivity contribution in [1.82, 2.24) is 20.1 Å². The Labute approximate surface area is 139 Å². The molecular weight excluding hydrogens is 308 g/mol. The number of aryl methyl sites for hydroxylation is 1. The van der Waals surface area contributed by atoms with Gasteiger partial charge in [-0.2, -0.15) is 5.10 Å². The maximum Gasteiger partial charge on any atom is 0.253 e. The molecule has 5 nitrogen and oxygen atoms in total. The third-order valence-electron chi connectivity index (χ3n) is 3.81. The number of aromatic nitrogens is 3. The summed E-state index contributed by atoms with van der Waals surface area (Å²) in [6.45, 7) is 7.98. The number of pyridine rings is 1. The molecule has 0 saturated carbocycles. The summed E-state index contributed by atoms with van der Waals surface area (Å²) in [5, 5.41) is 10.3. The first kappa shape index (κ1) is 15.7. The van der Waals surface area contributed by atoms with Gasteiger partial charge in [0.1, 0.15) is 0 Å². The van der Waals surface area contributed by atoms with Gasteiger partial charge >= 0.3 is 0 Å². The minimum atomic E-state index is -0.102. The lowest BCUT2D eigenvalue weighted by molar-refractivity contribution is 0.0939. The molecule has 0 aliphatic heterocycles. The van der Waals surface area contributed by atoms with E-state index in [0.717, 1.165) is 21.6 Å². The minimum Gasteiger partial charge on any atom is -0.345 e. The Kier molecular flexibility index (Phi) is 4.17. The van der Waals surface area contributed by atoms with Gasteiger partial charge in [-0.15, -0.1) is 11.3 Å². The highest BCUT2D eigenvalue weighted by atomic mass is 32.1. The fourth-order valence-corrected chi connectivity index (χ4v) is 3.29. The van der Waals surface area contributed by atoms with Gasteiger partial charge < -0.3 is 5.32 Å². The molecule has 0 spiro atoms. The van der Waals surface area contributed by atoms with E-state index in [1.807, 2.05) is 42.1 Å². The molecule has 3 rings (SSSR count). The molecule has 6 heteroatoms. The molecule has 3 aromatic heterocycles. The van der Waals surface area contributed by atoms with Crippen molar-refractivity contribution in [3.63, 3.8) is 0 Å². The topological polar surface area (TPSA) is 59.8 Å². The molecular formula is C17H20N4OS. The molecule has 120 valence electrons. The average Bonchev–Trinajstić information content (AvgIpc) is 3.15. The van der Waals surface area contributed by atoms with Crippen molar-refractivity contribution in [2.75, 3.05) is 0 Å². The summed E-state index contributed by atoms with van der Waals surface area (Å²) in [5.74, 6) is -0.102. The van der Waals surface area contributed by atoms with Gasteiger partial charge in [0.2, 0.25) is 0 Å². The maximum absolute atomic E-state index is 12.6. The van der Waals surface area contributed by atoms with Crippen LogP contribution in [0.1, 0.15) is 53.8 Å². The number of hydrogen-bond acceptors (Lipinski definition) is 4. The molecule has 1 atom stereocenters. The molecule has 0 radical (unpaired) electrons. The fraction of sp³-hybridized carbons (Fsp3) is 0.353. The Bertz CT molecular complexity index is 836. The first-order valence-electron chi connectivity index (χ1n) is 7.66. The Hall–Kier alpha value is -2.21. The van der Waals surface area contributed by atoms with Crippen LogP contribution in [0, 0.1) is 6.92 Å². The van der Waals surface area contributed by atoms with E-state index in [1.165, 1.54) is 0 Å². The van der Waals surface area contributed by atoms with Gasteiger partial charge in [-0.3, -0.25) is 4.79 Å². The molecule has 1 amide bonds. The molecule has 0 saturated heterocycles. The second-order valence-electron chi connectivity index (χ2n) is 5.93. The lowest BCUT2D eigenvalue weighted by Gasteiger charge is -2.14. The van der Waals surface area contributed by atoms with Gasteiger partial charge in [0.05, 0.1) is 23.5 Å². The summed E-state index contributed by atoms with van der Waals surface area (Å²) in [6.07, 6.45) is 1.77. The quantitative estimate of drug-likeness (QED) is 0.791. The van der Waals surface area contributed by atoms with Crippen LogP contribution in [0.15, 0.2) is 29.8 Å².